The van der Waals surface area contributed by atoms with Crippen LogP contribution >= 0.6 is 12.4 Å². The number of carbonyl (C=O) groups is 2. The van der Waals surface area contributed by atoms with Crippen LogP contribution in [0, 0.1) is 12.8 Å². The summed E-state index contributed by atoms with van der Waals surface area (Å²) in [6.07, 6.45) is 5.46. The van der Waals surface area contributed by atoms with Gasteiger partial charge in [0.25, 0.3) is 11.6 Å². The molecule has 152 valence electrons. The van der Waals surface area contributed by atoms with Gasteiger partial charge in [0.05, 0.1) is 22.7 Å². The fourth-order valence-electron chi connectivity index (χ4n) is 3.94. The molecule has 2 aromatic heterocycles. The van der Waals surface area contributed by atoms with E-state index in [4.69, 9.17) is 4.52 Å². The predicted molar refractivity (Wildman–Crippen MR) is 106 cm³/mol. The zero-order valence-corrected chi connectivity index (χ0v) is 16.8. The molecule has 2 N–H and O–H groups in total. The van der Waals surface area contributed by atoms with Gasteiger partial charge >= 0.3 is 0 Å². The lowest BCUT2D eigenvalue weighted by molar-refractivity contribution is -0.123. The normalized spacial score (nSPS) is 22.1. The summed E-state index contributed by atoms with van der Waals surface area (Å²) in [6, 6.07) is 1.74. The van der Waals surface area contributed by atoms with Gasteiger partial charge in [-0.15, -0.1) is 12.4 Å². The Hall–Kier alpha value is -2.19. The molecule has 2 saturated heterocycles. The minimum atomic E-state index is -0.0593. The molecule has 28 heavy (non-hydrogen) atoms. The molecule has 2 fully saturated rings. The third-order valence-corrected chi connectivity index (χ3v) is 5.50. The van der Waals surface area contributed by atoms with Crippen molar-refractivity contribution in [2.75, 3.05) is 26.2 Å². The smallest absolute Gasteiger partial charge is 0.257 e. The number of likely N-dealkylation sites (tertiary alicyclic amines) is 1. The predicted octanol–water partition coefficient (Wildman–Crippen LogP) is 1.67. The van der Waals surface area contributed by atoms with E-state index in [0.29, 0.717) is 24.4 Å². The fraction of sp³-hybridized carbons (Fsp3) is 0.579. The number of halogens is 1. The van der Waals surface area contributed by atoms with Gasteiger partial charge in [-0.3, -0.25) is 9.59 Å². The minimum absolute atomic E-state index is 0. The molecule has 4 rings (SSSR count). The van der Waals surface area contributed by atoms with Gasteiger partial charge in [-0.1, -0.05) is 5.16 Å². The molecule has 0 aliphatic carbocycles. The maximum Gasteiger partial charge on any atom is 0.257 e. The number of rotatable bonds is 4. The number of aromatic nitrogens is 2. The topological polar surface area (TPSA) is 100 Å². The van der Waals surface area contributed by atoms with E-state index in [1.807, 2.05) is 11.8 Å². The number of hydrogen-bond donors (Lipinski definition) is 2. The monoisotopic (exact) mass is 407 g/mol. The average molecular weight is 408 g/mol. The van der Waals surface area contributed by atoms with Crippen LogP contribution in [0.2, 0.25) is 0 Å². The zero-order chi connectivity index (χ0) is 18.8. The first-order valence-corrected chi connectivity index (χ1v) is 9.64. The number of pyridine rings is 1. The molecule has 4 heterocycles. The fourth-order valence-corrected chi connectivity index (χ4v) is 3.94. The quantitative estimate of drug-likeness (QED) is 0.799. The number of amides is 2. The van der Waals surface area contributed by atoms with E-state index in [2.05, 4.69) is 20.8 Å². The van der Waals surface area contributed by atoms with Crippen LogP contribution in [0.1, 0.15) is 41.7 Å². The SMILES string of the molecule is Cc1noc2ncc(C(=O)N3CCCC(CNC(=O)C4CCCN4)C3)cc12.Cl. The van der Waals surface area contributed by atoms with Crippen LogP contribution in [0.25, 0.3) is 11.1 Å². The summed E-state index contributed by atoms with van der Waals surface area (Å²) in [7, 11) is 0. The highest BCUT2D eigenvalue weighted by atomic mass is 35.5. The molecule has 0 radical (unpaired) electrons. The van der Waals surface area contributed by atoms with Crippen molar-refractivity contribution in [2.24, 2.45) is 5.92 Å². The zero-order valence-electron chi connectivity index (χ0n) is 15.9. The second-order valence-corrected chi connectivity index (χ2v) is 7.50. The third-order valence-electron chi connectivity index (χ3n) is 5.50. The number of piperidine rings is 1. The number of nitrogens with zero attached hydrogens (tertiary/aromatic N) is 3. The number of carbonyl (C=O) groups excluding carboxylic acids is 2. The maximum absolute atomic E-state index is 12.9. The lowest BCUT2D eigenvalue weighted by Gasteiger charge is -2.33. The van der Waals surface area contributed by atoms with Crippen LogP contribution in [0.4, 0.5) is 0 Å². The van der Waals surface area contributed by atoms with Gasteiger partial charge in [0, 0.05) is 25.8 Å². The van der Waals surface area contributed by atoms with E-state index in [-0.39, 0.29) is 36.2 Å². The Morgan fingerprint density at radius 2 is 2.21 bits per heavy atom. The molecule has 2 unspecified atom stereocenters. The van der Waals surface area contributed by atoms with E-state index >= 15 is 0 Å². The molecule has 0 spiro atoms. The Balaban J connectivity index is 0.00000225. The molecule has 0 saturated carbocycles. The van der Waals surface area contributed by atoms with Crippen molar-refractivity contribution in [3.63, 3.8) is 0 Å². The molecule has 2 aliphatic rings. The average Bonchev–Trinajstić information content (AvgIpc) is 3.36. The Morgan fingerprint density at radius 3 is 3.00 bits per heavy atom. The van der Waals surface area contributed by atoms with Crippen LogP contribution in [-0.2, 0) is 4.79 Å². The van der Waals surface area contributed by atoms with Gasteiger partial charge < -0.3 is 20.1 Å². The number of nitrogens with one attached hydrogen (secondary N) is 2. The van der Waals surface area contributed by atoms with Crippen LogP contribution in [-0.4, -0.2) is 59.1 Å². The summed E-state index contributed by atoms with van der Waals surface area (Å²) in [5.41, 5.74) is 1.73. The summed E-state index contributed by atoms with van der Waals surface area (Å²) < 4.78 is 5.11. The number of hydrogen-bond acceptors (Lipinski definition) is 6. The van der Waals surface area contributed by atoms with Crippen molar-refractivity contribution in [2.45, 2.75) is 38.6 Å². The van der Waals surface area contributed by atoms with Crippen LogP contribution < -0.4 is 10.6 Å². The Labute approximate surface area is 169 Å². The van der Waals surface area contributed by atoms with Crippen molar-refractivity contribution in [1.29, 1.82) is 0 Å². The van der Waals surface area contributed by atoms with E-state index in [9.17, 15) is 9.59 Å². The van der Waals surface area contributed by atoms with E-state index in [1.54, 1.807) is 12.3 Å². The van der Waals surface area contributed by atoms with Gasteiger partial charge in [-0.05, 0) is 51.1 Å². The first-order valence-electron chi connectivity index (χ1n) is 9.64. The Bertz CT molecular complexity index is 849. The van der Waals surface area contributed by atoms with Crippen molar-refractivity contribution >= 4 is 35.3 Å². The van der Waals surface area contributed by atoms with E-state index in [1.165, 1.54) is 0 Å². The van der Waals surface area contributed by atoms with Crippen molar-refractivity contribution in [1.82, 2.24) is 25.7 Å². The molecule has 8 nitrogen and oxygen atoms in total. The lowest BCUT2D eigenvalue weighted by Crippen LogP contribution is -2.46. The summed E-state index contributed by atoms with van der Waals surface area (Å²) in [6.45, 7) is 4.74. The van der Waals surface area contributed by atoms with Gasteiger partial charge in [-0.25, -0.2) is 4.98 Å². The van der Waals surface area contributed by atoms with E-state index < -0.39 is 0 Å². The van der Waals surface area contributed by atoms with Crippen LogP contribution in [0.15, 0.2) is 16.8 Å². The Kier molecular flexibility index (Phi) is 6.51. The van der Waals surface area contributed by atoms with Gasteiger partial charge in [0.2, 0.25) is 5.91 Å². The molecule has 2 aliphatic heterocycles. The highest BCUT2D eigenvalue weighted by Crippen LogP contribution is 2.21. The number of fused-ring (bicyclic) bond motifs is 1. The Morgan fingerprint density at radius 1 is 1.36 bits per heavy atom. The lowest BCUT2D eigenvalue weighted by atomic mass is 9.97. The summed E-state index contributed by atoms with van der Waals surface area (Å²) in [4.78, 5) is 31.1. The van der Waals surface area contributed by atoms with Gasteiger partial charge in [0.1, 0.15) is 0 Å². The van der Waals surface area contributed by atoms with E-state index in [0.717, 1.165) is 49.9 Å². The van der Waals surface area contributed by atoms with Crippen molar-refractivity contribution < 1.29 is 14.1 Å². The van der Waals surface area contributed by atoms with Crippen LogP contribution in [0.5, 0.6) is 0 Å². The number of aryl methyl sites for hydroxylation is 1. The maximum atomic E-state index is 12.9. The largest absolute Gasteiger partial charge is 0.354 e. The highest BCUT2D eigenvalue weighted by molar-refractivity contribution is 5.97. The first kappa shape index (κ1) is 20.5. The van der Waals surface area contributed by atoms with Crippen LogP contribution in [0.3, 0.4) is 0 Å². The molecular weight excluding hydrogens is 382 g/mol. The molecule has 0 aromatic carbocycles. The summed E-state index contributed by atoms with van der Waals surface area (Å²) in [5, 5.41) is 10.9. The summed E-state index contributed by atoms with van der Waals surface area (Å²) in [5.74, 6) is 0.328. The minimum Gasteiger partial charge on any atom is -0.354 e. The molecule has 2 amide bonds. The highest BCUT2D eigenvalue weighted by Gasteiger charge is 2.27. The first-order chi connectivity index (χ1) is 13.1. The molecule has 2 atom stereocenters. The van der Waals surface area contributed by atoms with Crippen molar-refractivity contribution in [3.8, 4) is 0 Å². The van der Waals surface area contributed by atoms with Gasteiger partial charge in [0.15, 0.2) is 0 Å². The third kappa shape index (κ3) is 4.28. The second-order valence-electron chi connectivity index (χ2n) is 7.50. The molecule has 2 aromatic rings. The van der Waals surface area contributed by atoms with Crippen molar-refractivity contribution in [3.05, 3.63) is 23.5 Å². The standard InChI is InChI=1S/C19H25N5O3.ClH/c1-12-15-8-14(10-22-18(15)27-23-12)19(26)24-7-3-4-13(11-24)9-21-17(25)16-5-2-6-20-16;/h8,10,13,16,20H,2-7,9,11H2,1H3,(H,21,25);1H. The second kappa shape index (κ2) is 8.87. The molecule has 9 heteroatoms. The molecular formula is C19H26ClN5O3. The van der Waals surface area contributed by atoms with Gasteiger partial charge in [-0.2, -0.15) is 0 Å². The summed E-state index contributed by atoms with van der Waals surface area (Å²) >= 11 is 0. The molecule has 0 bridgehead atoms.